The van der Waals surface area contributed by atoms with Gasteiger partial charge in [0.2, 0.25) is 5.69 Å². The number of halogens is 1. The summed E-state index contributed by atoms with van der Waals surface area (Å²) in [7, 11) is 0. The van der Waals surface area contributed by atoms with Crippen LogP contribution in [-0.4, -0.2) is 27.6 Å². The van der Waals surface area contributed by atoms with Gasteiger partial charge < -0.3 is 10.5 Å². The molecule has 18 heavy (non-hydrogen) atoms. The molecule has 7 heteroatoms. The molecule has 0 fully saturated rings. The zero-order valence-electron chi connectivity index (χ0n) is 9.63. The number of aromatic nitrogens is 3. The second kappa shape index (κ2) is 5.05. The van der Waals surface area contributed by atoms with E-state index in [2.05, 4.69) is 10.3 Å². The van der Waals surface area contributed by atoms with E-state index in [1.807, 2.05) is 0 Å². The lowest BCUT2D eigenvalue weighted by Gasteiger charge is -2.03. The third-order valence-corrected chi connectivity index (χ3v) is 2.50. The number of esters is 1. The number of carbonyl (C=O) groups is 1. The first kappa shape index (κ1) is 12.4. The molecule has 2 N–H and O–H groups in total. The van der Waals surface area contributed by atoms with Gasteiger partial charge in [-0.15, -0.1) is 5.10 Å². The van der Waals surface area contributed by atoms with Crippen molar-refractivity contribution in [3.8, 4) is 5.69 Å². The molecule has 0 saturated heterocycles. The number of anilines is 1. The third-order valence-electron chi connectivity index (χ3n) is 2.24. The Labute approximate surface area is 108 Å². The Kier molecular flexibility index (Phi) is 3.47. The normalized spacial score (nSPS) is 10.3. The average molecular weight is 267 g/mol. The van der Waals surface area contributed by atoms with Crippen LogP contribution in [0.3, 0.4) is 0 Å². The lowest BCUT2D eigenvalue weighted by atomic mass is 10.3. The minimum atomic E-state index is -0.588. The van der Waals surface area contributed by atoms with Crippen molar-refractivity contribution in [3.63, 3.8) is 0 Å². The highest BCUT2D eigenvalue weighted by Crippen LogP contribution is 2.17. The van der Waals surface area contributed by atoms with Crippen molar-refractivity contribution in [2.24, 2.45) is 0 Å². The van der Waals surface area contributed by atoms with Crippen LogP contribution in [0.4, 0.5) is 5.82 Å². The fourth-order valence-corrected chi connectivity index (χ4v) is 1.53. The number of hydrogen-bond donors (Lipinski definition) is 1. The van der Waals surface area contributed by atoms with Crippen molar-refractivity contribution < 1.29 is 9.53 Å². The fourth-order valence-electron chi connectivity index (χ4n) is 1.41. The Morgan fingerprint density at radius 2 is 2.11 bits per heavy atom. The van der Waals surface area contributed by atoms with Crippen LogP contribution < -0.4 is 5.73 Å². The van der Waals surface area contributed by atoms with Gasteiger partial charge >= 0.3 is 5.97 Å². The lowest BCUT2D eigenvalue weighted by molar-refractivity contribution is 0.0520. The summed E-state index contributed by atoms with van der Waals surface area (Å²) in [6.45, 7) is 1.96. The first-order chi connectivity index (χ1) is 8.63. The molecule has 1 aromatic carbocycles. The van der Waals surface area contributed by atoms with Crippen LogP contribution >= 0.6 is 11.6 Å². The summed E-state index contributed by atoms with van der Waals surface area (Å²) in [6.07, 6.45) is 0. The van der Waals surface area contributed by atoms with Crippen molar-refractivity contribution in [3.05, 3.63) is 35.0 Å². The molecule has 0 spiro atoms. The van der Waals surface area contributed by atoms with Gasteiger partial charge in [0.1, 0.15) is 0 Å². The maximum absolute atomic E-state index is 11.5. The Morgan fingerprint density at radius 1 is 1.44 bits per heavy atom. The molecule has 0 aliphatic carbocycles. The van der Waals surface area contributed by atoms with Gasteiger partial charge in [-0.1, -0.05) is 16.8 Å². The van der Waals surface area contributed by atoms with Crippen LogP contribution in [0.1, 0.15) is 17.4 Å². The van der Waals surface area contributed by atoms with Crippen LogP contribution in [0.2, 0.25) is 5.02 Å². The minimum Gasteiger partial charge on any atom is -0.461 e. The molecule has 0 radical (unpaired) electrons. The number of nitrogen functional groups attached to an aromatic ring is 1. The van der Waals surface area contributed by atoms with Crippen molar-refractivity contribution >= 4 is 23.4 Å². The summed E-state index contributed by atoms with van der Waals surface area (Å²) in [4.78, 5) is 11.5. The highest BCUT2D eigenvalue weighted by molar-refractivity contribution is 6.30. The van der Waals surface area contributed by atoms with Crippen LogP contribution in [0.15, 0.2) is 24.3 Å². The van der Waals surface area contributed by atoms with Crippen LogP contribution in [-0.2, 0) is 4.74 Å². The van der Waals surface area contributed by atoms with E-state index >= 15 is 0 Å². The topological polar surface area (TPSA) is 83.0 Å². The van der Waals surface area contributed by atoms with Gasteiger partial charge in [0.15, 0.2) is 5.82 Å². The highest BCUT2D eigenvalue weighted by Gasteiger charge is 2.19. The van der Waals surface area contributed by atoms with E-state index in [4.69, 9.17) is 22.1 Å². The number of nitrogens with zero attached hydrogens (tertiary/aromatic N) is 3. The summed E-state index contributed by atoms with van der Waals surface area (Å²) < 4.78 is 6.17. The van der Waals surface area contributed by atoms with E-state index in [1.165, 1.54) is 4.68 Å². The second-order valence-corrected chi connectivity index (χ2v) is 3.87. The molecule has 94 valence electrons. The van der Waals surface area contributed by atoms with E-state index in [1.54, 1.807) is 31.2 Å². The number of hydrogen-bond acceptors (Lipinski definition) is 5. The second-order valence-electron chi connectivity index (χ2n) is 3.43. The van der Waals surface area contributed by atoms with Gasteiger partial charge in [-0.05, 0) is 31.2 Å². The Bertz CT molecular complexity index is 565. The monoisotopic (exact) mass is 266 g/mol. The Hall–Kier alpha value is -2.08. The van der Waals surface area contributed by atoms with Gasteiger partial charge in [0.25, 0.3) is 0 Å². The van der Waals surface area contributed by atoms with Crippen LogP contribution in [0, 0.1) is 0 Å². The summed E-state index contributed by atoms with van der Waals surface area (Å²) in [5.41, 5.74) is 6.48. The fraction of sp³-hybridized carbons (Fsp3) is 0.182. The van der Waals surface area contributed by atoms with Crippen molar-refractivity contribution in [2.45, 2.75) is 6.92 Å². The van der Waals surface area contributed by atoms with Crippen molar-refractivity contribution in [1.29, 1.82) is 0 Å². The summed E-state index contributed by atoms with van der Waals surface area (Å²) >= 11 is 5.79. The van der Waals surface area contributed by atoms with Crippen molar-refractivity contribution in [2.75, 3.05) is 12.3 Å². The minimum absolute atomic E-state index is 0.00630. The highest BCUT2D eigenvalue weighted by atomic mass is 35.5. The van der Waals surface area contributed by atoms with Gasteiger partial charge in [-0.3, -0.25) is 0 Å². The largest absolute Gasteiger partial charge is 0.461 e. The molecule has 2 aromatic rings. The van der Waals surface area contributed by atoms with Gasteiger partial charge in [-0.2, -0.15) is 4.68 Å². The summed E-state index contributed by atoms with van der Waals surface area (Å²) in [6, 6.07) is 6.84. The molecular weight excluding hydrogens is 256 g/mol. The maximum atomic E-state index is 11.5. The molecule has 6 nitrogen and oxygen atoms in total. The molecule has 0 aliphatic heterocycles. The number of rotatable bonds is 3. The van der Waals surface area contributed by atoms with E-state index in [-0.39, 0.29) is 18.1 Å². The molecule has 2 rings (SSSR count). The average Bonchev–Trinajstić information content (AvgIpc) is 2.73. The zero-order chi connectivity index (χ0) is 13.1. The molecule has 0 saturated carbocycles. The van der Waals surface area contributed by atoms with E-state index < -0.39 is 5.97 Å². The molecule has 0 bridgehead atoms. The van der Waals surface area contributed by atoms with Gasteiger partial charge in [0.05, 0.1) is 12.3 Å². The smallest absolute Gasteiger partial charge is 0.362 e. The Balaban J connectivity index is 2.36. The predicted molar refractivity (Wildman–Crippen MR) is 66.7 cm³/mol. The number of ether oxygens (including phenoxy) is 1. The number of nitrogens with two attached hydrogens (primary N) is 1. The maximum Gasteiger partial charge on any atom is 0.362 e. The zero-order valence-corrected chi connectivity index (χ0v) is 10.4. The predicted octanol–water partition coefficient (Wildman–Crippen LogP) is 1.68. The number of carbonyl (C=O) groups excluding carboxylic acids is 1. The molecule has 0 aliphatic rings. The van der Waals surface area contributed by atoms with Crippen molar-refractivity contribution in [1.82, 2.24) is 15.0 Å². The standard InChI is InChI=1S/C11H11ClN4O2/c1-2-18-11(17)9-10(13)16(15-14-9)8-5-3-7(12)4-6-8/h3-6H,2,13H2,1H3. The van der Waals surface area contributed by atoms with E-state index in [9.17, 15) is 4.79 Å². The Morgan fingerprint density at radius 3 is 2.72 bits per heavy atom. The molecule has 0 unspecified atom stereocenters. The molecule has 1 heterocycles. The first-order valence-corrected chi connectivity index (χ1v) is 5.65. The molecule has 0 atom stereocenters. The third kappa shape index (κ3) is 2.28. The van der Waals surface area contributed by atoms with Gasteiger partial charge in [0, 0.05) is 5.02 Å². The molecule has 0 amide bonds. The lowest BCUT2D eigenvalue weighted by Crippen LogP contribution is -2.09. The first-order valence-electron chi connectivity index (χ1n) is 5.27. The van der Waals surface area contributed by atoms with Crippen LogP contribution in [0.25, 0.3) is 5.69 Å². The van der Waals surface area contributed by atoms with E-state index in [0.717, 1.165) is 0 Å². The molecule has 1 aromatic heterocycles. The number of benzene rings is 1. The van der Waals surface area contributed by atoms with E-state index in [0.29, 0.717) is 10.7 Å². The van der Waals surface area contributed by atoms with Crippen LogP contribution in [0.5, 0.6) is 0 Å². The summed E-state index contributed by atoms with van der Waals surface area (Å²) in [5.74, 6) is -0.453. The van der Waals surface area contributed by atoms with Gasteiger partial charge in [-0.25, -0.2) is 4.79 Å². The summed E-state index contributed by atoms with van der Waals surface area (Å²) in [5, 5.41) is 8.13. The SMILES string of the molecule is CCOC(=O)c1nnn(-c2ccc(Cl)cc2)c1N. The quantitative estimate of drug-likeness (QED) is 0.855. The molecular formula is C11H11ClN4O2.